The third-order valence-electron chi connectivity index (χ3n) is 5.69. The van der Waals surface area contributed by atoms with E-state index in [2.05, 4.69) is 6.92 Å². The molecule has 0 aromatic heterocycles. The summed E-state index contributed by atoms with van der Waals surface area (Å²) in [7, 11) is 0. The molecule has 3 nitrogen and oxygen atoms in total. The van der Waals surface area contributed by atoms with Gasteiger partial charge >= 0.3 is 0 Å². The van der Waals surface area contributed by atoms with Gasteiger partial charge in [0.1, 0.15) is 5.82 Å². The molecule has 1 aromatic carbocycles. The van der Waals surface area contributed by atoms with Gasteiger partial charge in [0, 0.05) is 13.2 Å². The molecule has 0 N–H and O–H groups in total. The van der Waals surface area contributed by atoms with Crippen LogP contribution in [0.1, 0.15) is 110 Å². The van der Waals surface area contributed by atoms with E-state index in [1.165, 1.54) is 63.4 Å². The van der Waals surface area contributed by atoms with E-state index in [1.807, 2.05) is 26.0 Å². The number of aryl methyl sites for hydroxylation is 1. The molecule has 31 heavy (non-hydrogen) atoms. The Labute approximate surface area is 191 Å². The molecule has 0 aliphatic carbocycles. The lowest BCUT2D eigenvalue weighted by molar-refractivity contribution is -0.302. The van der Waals surface area contributed by atoms with Gasteiger partial charge in [-0.3, -0.25) is 0 Å². The Morgan fingerprint density at radius 2 is 1.19 bits per heavy atom. The maximum atomic E-state index is 13.0. The summed E-state index contributed by atoms with van der Waals surface area (Å²) in [6, 6.07) is 6.88. The lowest BCUT2D eigenvalue weighted by Crippen LogP contribution is -2.27. The van der Waals surface area contributed by atoms with Crippen molar-refractivity contribution in [3.8, 4) is 0 Å². The van der Waals surface area contributed by atoms with Crippen molar-refractivity contribution in [2.75, 3.05) is 13.2 Å². The van der Waals surface area contributed by atoms with E-state index in [9.17, 15) is 4.39 Å². The highest BCUT2D eigenvalue weighted by Crippen LogP contribution is 2.19. The molecule has 0 bridgehead atoms. The molecule has 0 saturated carbocycles. The van der Waals surface area contributed by atoms with E-state index in [4.69, 9.17) is 14.2 Å². The van der Waals surface area contributed by atoms with Gasteiger partial charge in [0.2, 0.25) is 0 Å². The van der Waals surface area contributed by atoms with Crippen LogP contribution >= 0.6 is 0 Å². The Kier molecular flexibility index (Phi) is 17.8. The normalized spacial score (nSPS) is 12.5. The summed E-state index contributed by atoms with van der Waals surface area (Å²) in [5.74, 6) is -0.159. The predicted octanol–water partition coefficient (Wildman–Crippen LogP) is 8.20. The van der Waals surface area contributed by atoms with E-state index >= 15 is 0 Å². The molecule has 0 heterocycles. The second-order valence-corrected chi connectivity index (χ2v) is 8.45. The fourth-order valence-electron chi connectivity index (χ4n) is 3.87. The van der Waals surface area contributed by atoms with Crippen LogP contribution < -0.4 is 0 Å². The highest BCUT2D eigenvalue weighted by atomic mass is 19.1. The first-order valence-corrected chi connectivity index (χ1v) is 12.8. The van der Waals surface area contributed by atoms with Gasteiger partial charge in [0.25, 0.3) is 6.48 Å². The van der Waals surface area contributed by atoms with Gasteiger partial charge in [0.05, 0.1) is 6.10 Å². The molecule has 1 aromatic rings. The minimum Gasteiger partial charge on any atom is -0.330 e. The minimum absolute atomic E-state index is 0.159. The SMILES string of the molecule is CCCCCCCCCC(CCCCCCc1ccc(F)cc1)OC(OCC)OCC. The van der Waals surface area contributed by atoms with Crippen LogP contribution in [0.4, 0.5) is 4.39 Å². The van der Waals surface area contributed by atoms with Crippen LogP contribution in [0.2, 0.25) is 0 Å². The average Bonchev–Trinajstić information content (AvgIpc) is 2.76. The van der Waals surface area contributed by atoms with Gasteiger partial charge in [-0.1, -0.05) is 83.3 Å². The zero-order valence-electron chi connectivity index (χ0n) is 20.4. The number of halogens is 1. The molecule has 0 spiro atoms. The number of benzene rings is 1. The third-order valence-corrected chi connectivity index (χ3v) is 5.69. The van der Waals surface area contributed by atoms with Crippen LogP contribution in [0.15, 0.2) is 24.3 Å². The Morgan fingerprint density at radius 3 is 1.74 bits per heavy atom. The Hall–Kier alpha value is -0.970. The second-order valence-electron chi connectivity index (χ2n) is 8.45. The standard InChI is InChI=1S/C27H47FO3/c1-4-7-8-9-10-11-15-18-26(31-27(29-5-2)30-6-3)19-16-13-12-14-17-24-20-22-25(28)23-21-24/h20-23,26-27H,4-19H2,1-3H3. The largest absolute Gasteiger partial charge is 0.330 e. The van der Waals surface area contributed by atoms with Crippen molar-refractivity contribution in [1.82, 2.24) is 0 Å². The van der Waals surface area contributed by atoms with E-state index in [1.54, 1.807) is 12.1 Å². The maximum Gasteiger partial charge on any atom is 0.271 e. The molecule has 1 atom stereocenters. The lowest BCUT2D eigenvalue weighted by Gasteiger charge is -2.24. The van der Waals surface area contributed by atoms with Crippen LogP contribution in [-0.4, -0.2) is 25.8 Å². The summed E-state index contributed by atoms with van der Waals surface area (Å²) in [5, 5.41) is 0. The van der Waals surface area contributed by atoms with Crippen molar-refractivity contribution in [3.63, 3.8) is 0 Å². The van der Waals surface area contributed by atoms with Crippen molar-refractivity contribution in [1.29, 1.82) is 0 Å². The van der Waals surface area contributed by atoms with Gasteiger partial charge in [-0.15, -0.1) is 0 Å². The Morgan fingerprint density at radius 1 is 0.677 bits per heavy atom. The molecule has 0 aliphatic heterocycles. The van der Waals surface area contributed by atoms with Gasteiger partial charge in [-0.2, -0.15) is 0 Å². The van der Waals surface area contributed by atoms with E-state index in [-0.39, 0.29) is 11.9 Å². The van der Waals surface area contributed by atoms with E-state index in [0.29, 0.717) is 13.2 Å². The van der Waals surface area contributed by atoms with Crippen LogP contribution in [0.5, 0.6) is 0 Å². The van der Waals surface area contributed by atoms with Crippen LogP contribution in [0, 0.1) is 5.82 Å². The number of hydrogen-bond donors (Lipinski definition) is 0. The maximum absolute atomic E-state index is 13.0. The van der Waals surface area contributed by atoms with Crippen molar-refractivity contribution in [2.24, 2.45) is 0 Å². The summed E-state index contributed by atoms with van der Waals surface area (Å²) in [6.45, 7) is 6.86. The predicted molar refractivity (Wildman–Crippen MR) is 128 cm³/mol. The molecular formula is C27H47FO3. The van der Waals surface area contributed by atoms with E-state index in [0.717, 1.165) is 32.1 Å². The van der Waals surface area contributed by atoms with Crippen LogP contribution in [-0.2, 0) is 20.6 Å². The van der Waals surface area contributed by atoms with Gasteiger partial charge in [0.15, 0.2) is 0 Å². The fraction of sp³-hybridized carbons (Fsp3) is 0.778. The molecule has 4 heteroatoms. The molecule has 0 fully saturated rings. The van der Waals surface area contributed by atoms with Gasteiger partial charge in [-0.05, 0) is 57.2 Å². The molecule has 1 rings (SSSR count). The zero-order chi connectivity index (χ0) is 22.6. The van der Waals surface area contributed by atoms with Crippen LogP contribution in [0.25, 0.3) is 0 Å². The van der Waals surface area contributed by atoms with Crippen molar-refractivity contribution >= 4 is 0 Å². The van der Waals surface area contributed by atoms with Crippen molar-refractivity contribution < 1.29 is 18.6 Å². The molecular weight excluding hydrogens is 391 g/mol. The second kappa shape index (κ2) is 19.7. The smallest absolute Gasteiger partial charge is 0.271 e. The molecule has 1 unspecified atom stereocenters. The topological polar surface area (TPSA) is 27.7 Å². The highest BCUT2D eigenvalue weighted by molar-refractivity contribution is 5.15. The summed E-state index contributed by atoms with van der Waals surface area (Å²) in [6.07, 6.45) is 17.3. The molecule has 0 saturated heterocycles. The first kappa shape index (κ1) is 28.1. The molecule has 0 amide bonds. The number of ether oxygens (including phenoxy) is 3. The quantitative estimate of drug-likeness (QED) is 0.143. The minimum atomic E-state index is -0.539. The Balaban J connectivity index is 2.28. The number of hydrogen-bond acceptors (Lipinski definition) is 3. The first-order chi connectivity index (χ1) is 15.2. The summed E-state index contributed by atoms with van der Waals surface area (Å²) < 4.78 is 30.4. The number of rotatable bonds is 21. The summed E-state index contributed by atoms with van der Waals surface area (Å²) in [5.41, 5.74) is 1.22. The fourth-order valence-corrected chi connectivity index (χ4v) is 3.87. The molecule has 0 radical (unpaired) electrons. The molecule has 180 valence electrons. The van der Waals surface area contributed by atoms with Crippen molar-refractivity contribution in [2.45, 2.75) is 123 Å². The van der Waals surface area contributed by atoms with Gasteiger partial charge in [-0.25, -0.2) is 4.39 Å². The number of unbranched alkanes of at least 4 members (excludes halogenated alkanes) is 9. The zero-order valence-corrected chi connectivity index (χ0v) is 20.4. The monoisotopic (exact) mass is 438 g/mol. The first-order valence-electron chi connectivity index (χ1n) is 12.8. The third kappa shape index (κ3) is 15.5. The lowest BCUT2D eigenvalue weighted by atomic mass is 10.0. The highest BCUT2D eigenvalue weighted by Gasteiger charge is 2.17. The summed E-state index contributed by atoms with van der Waals surface area (Å²) >= 11 is 0. The van der Waals surface area contributed by atoms with Crippen LogP contribution in [0.3, 0.4) is 0 Å². The summed E-state index contributed by atoms with van der Waals surface area (Å²) in [4.78, 5) is 0. The molecule has 0 aliphatic rings. The average molecular weight is 439 g/mol. The Bertz CT molecular complexity index is 500. The van der Waals surface area contributed by atoms with Crippen molar-refractivity contribution in [3.05, 3.63) is 35.6 Å². The van der Waals surface area contributed by atoms with E-state index < -0.39 is 6.48 Å². The van der Waals surface area contributed by atoms with Gasteiger partial charge < -0.3 is 14.2 Å².